The molecule has 0 aromatic carbocycles. The molecule has 2 atom stereocenters. The minimum atomic E-state index is -0.00497. The topological polar surface area (TPSA) is 41.6 Å². The maximum Gasteiger partial charge on any atom is 0.262 e. The van der Waals surface area contributed by atoms with E-state index in [1.54, 1.807) is 0 Å². The first-order chi connectivity index (χ1) is 9.09. The first-order valence-electron chi connectivity index (χ1n) is 6.44. The third kappa shape index (κ3) is 3.78. The number of ether oxygens (including phenoxy) is 1. The van der Waals surface area contributed by atoms with Crippen LogP contribution in [0.15, 0.2) is 15.9 Å². The first kappa shape index (κ1) is 15.0. The van der Waals surface area contributed by atoms with Crippen molar-refractivity contribution in [1.82, 2.24) is 10.2 Å². The molecular formula is C13H19BrN2O2S. The molecule has 0 bridgehead atoms. The molecule has 1 fully saturated rings. The van der Waals surface area contributed by atoms with Crippen LogP contribution >= 0.6 is 27.3 Å². The Morgan fingerprint density at radius 1 is 1.74 bits per heavy atom. The second-order valence-corrected chi connectivity index (χ2v) is 6.59. The highest BCUT2D eigenvalue weighted by Gasteiger charge is 2.24. The Bertz CT molecular complexity index is 438. The smallest absolute Gasteiger partial charge is 0.262 e. The Morgan fingerprint density at radius 3 is 3.16 bits per heavy atom. The summed E-state index contributed by atoms with van der Waals surface area (Å²) in [4.78, 5) is 15.1. The van der Waals surface area contributed by atoms with Crippen molar-refractivity contribution in [2.24, 2.45) is 0 Å². The molecule has 1 aliphatic rings. The molecular weight excluding hydrogens is 328 g/mol. The van der Waals surface area contributed by atoms with Crippen LogP contribution in [0.3, 0.4) is 0 Å². The summed E-state index contributed by atoms with van der Waals surface area (Å²) >= 11 is 4.84. The zero-order valence-electron chi connectivity index (χ0n) is 11.2. The standard InChI is InChI=1S/C13H19BrN2O2S/c1-9(16-4-5-18-8-10(16)2)7-15-13(17)12-11(14)3-6-19-12/h3,6,9-10H,4-5,7-8H2,1-2H3,(H,15,17)/t9-,10-/m0/s1. The van der Waals surface area contributed by atoms with E-state index < -0.39 is 0 Å². The number of halogens is 1. The molecule has 1 N–H and O–H groups in total. The van der Waals surface area contributed by atoms with Gasteiger partial charge in [-0.1, -0.05) is 0 Å². The van der Waals surface area contributed by atoms with Crippen LogP contribution in [0.5, 0.6) is 0 Å². The number of carbonyl (C=O) groups is 1. The van der Waals surface area contributed by atoms with E-state index in [9.17, 15) is 4.79 Å². The van der Waals surface area contributed by atoms with Gasteiger partial charge < -0.3 is 10.1 Å². The van der Waals surface area contributed by atoms with Gasteiger partial charge in [-0.2, -0.15) is 0 Å². The fourth-order valence-corrected chi connectivity index (χ4v) is 3.76. The van der Waals surface area contributed by atoms with Gasteiger partial charge in [0.2, 0.25) is 0 Å². The molecule has 6 heteroatoms. The van der Waals surface area contributed by atoms with Crippen molar-refractivity contribution in [3.05, 3.63) is 20.8 Å². The van der Waals surface area contributed by atoms with Gasteiger partial charge in [0.1, 0.15) is 4.88 Å². The van der Waals surface area contributed by atoms with Gasteiger partial charge in [0.25, 0.3) is 5.91 Å². The van der Waals surface area contributed by atoms with Crippen molar-refractivity contribution >= 4 is 33.2 Å². The molecule has 1 aromatic rings. The van der Waals surface area contributed by atoms with Crippen LogP contribution in [0.25, 0.3) is 0 Å². The van der Waals surface area contributed by atoms with Crippen molar-refractivity contribution < 1.29 is 9.53 Å². The molecule has 0 aliphatic carbocycles. The van der Waals surface area contributed by atoms with Crippen LogP contribution in [-0.2, 0) is 4.74 Å². The molecule has 1 saturated heterocycles. The van der Waals surface area contributed by atoms with Gasteiger partial charge in [0, 0.05) is 29.6 Å². The van der Waals surface area contributed by atoms with E-state index >= 15 is 0 Å². The maximum atomic E-state index is 12.0. The van der Waals surface area contributed by atoms with Gasteiger partial charge in [-0.15, -0.1) is 11.3 Å². The predicted octanol–water partition coefficient (Wildman–Crippen LogP) is 2.35. The van der Waals surface area contributed by atoms with Crippen LogP contribution in [0.1, 0.15) is 23.5 Å². The maximum absolute atomic E-state index is 12.0. The van der Waals surface area contributed by atoms with E-state index in [2.05, 4.69) is 40.0 Å². The molecule has 0 spiro atoms. The Balaban J connectivity index is 1.84. The second kappa shape index (κ2) is 6.83. The summed E-state index contributed by atoms with van der Waals surface area (Å²) in [6.07, 6.45) is 0. The number of morpholine rings is 1. The lowest BCUT2D eigenvalue weighted by Gasteiger charge is -2.37. The average molecular weight is 347 g/mol. The van der Waals surface area contributed by atoms with Crippen LogP contribution in [0.2, 0.25) is 0 Å². The minimum Gasteiger partial charge on any atom is -0.379 e. The normalized spacial score (nSPS) is 22.2. The highest BCUT2D eigenvalue weighted by atomic mass is 79.9. The third-order valence-corrected chi connectivity index (χ3v) is 5.20. The van der Waals surface area contributed by atoms with E-state index in [-0.39, 0.29) is 5.91 Å². The monoisotopic (exact) mass is 346 g/mol. The lowest BCUT2D eigenvalue weighted by Crippen LogP contribution is -2.51. The predicted molar refractivity (Wildman–Crippen MR) is 80.8 cm³/mol. The zero-order valence-corrected chi connectivity index (χ0v) is 13.6. The molecule has 1 aromatic heterocycles. The second-order valence-electron chi connectivity index (χ2n) is 4.82. The molecule has 0 saturated carbocycles. The van der Waals surface area contributed by atoms with E-state index in [0.717, 1.165) is 29.1 Å². The fraction of sp³-hybridized carbons (Fsp3) is 0.615. The van der Waals surface area contributed by atoms with Crippen molar-refractivity contribution in [2.75, 3.05) is 26.3 Å². The number of hydrogen-bond donors (Lipinski definition) is 1. The zero-order chi connectivity index (χ0) is 13.8. The summed E-state index contributed by atoms with van der Waals surface area (Å²) in [5, 5.41) is 4.91. The Kier molecular flexibility index (Phi) is 5.38. The molecule has 2 heterocycles. The summed E-state index contributed by atoms with van der Waals surface area (Å²) in [6, 6.07) is 2.63. The molecule has 1 amide bonds. The Hall–Kier alpha value is -0.430. The quantitative estimate of drug-likeness (QED) is 0.909. The molecule has 106 valence electrons. The molecule has 1 aliphatic heterocycles. The van der Waals surface area contributed by atoms with E-state index in [0.29, 0.717) is 18.6 Å². The van der Waals surface area contributed by atoms with Crippen LogP contribution in [0.4, 0.5) is 0 Å². The van der Waals surface area contributed by atoms with Crippen LogP contribution in [0, 0.1) is 0 Å². The third-order valence-electron chi connectivity index (χ3n) is 3.37. The van der Waals surface area contributed by atoms with Crippen molar-refractivity contribution in [3.8, 4) is 0 Å². The van der Waals surface area contributed by atoms with Gasteiger partial charge >= 0.3 is 0 Å². The summed E-state index contributed by atoms with van der Waals surface area (Å²) < 4.78 is 6.29. The number of rotatable bonds is 4. The molecule has 0 unspecified atom stereocenters. The van der Waals surface area contributed by atoms with Crippen LogP contribution in [-0.4, -0.2) is 49.2 Å². The Labute approximate surface area is 126 Å². The summed E-state index contributed by atoms with van der Waals surface area (Å²) in [7, 11) is 0. The highest BCUT2D eigenvalue weighted by molar-refractivity contribution is 9.10. The van der Waals surface area contributed by atoms with Crippen molar-refractivity contribution in [1.29, 1.82) is 0 Å². The van der Waals surface area contributed by atoms with E-state index in [1.165, 1.54) is 11.3 Å². The van der Waals surface area contributed by atoms with Crippen molar-refractivity contribution in [3.63, 3.8) is 0 Å². The fourth-order valence-electron chi connectivity index (χ4n) is 2.29. The summed E-state index contributed by atoms with van der Waals surface area (Å²) in [5.74, 6) is -0.00497. The number of hydrogen-bond acceptors (Lipinski definition) is 4. The molecule has 2 rings (SSSR count). The molecule has 19 heavy (non-hydrogen) atoms. The number of amides is 1. The SMILES string of the molecule is C[C@@H](CNC(=O)c1sccc1Br)N1CCOC[C@@H]1C. The molecule has 4 nitrogen and oxygen atoms in total. The Morgan fingerprint density at radius 2 is 2.53 bits per heavy atom. The summed E-state index contributed by atoms with van der Waals surface area (Å²) in [6.45, 7) is 7.45. The number of thiophene rings is 1. The van der Waals surface area contributed by atoms with Crippen LogP contribution < -0.4 is 5.32 Å². The van der Waals surface area contributed by atoms with E-state index in [4.69, 9.17) is 4.74 Å². The van der Waals surface area contributed by atoms with Crippen molar-refractivity contribution in [2.45, 2.75) is 25.9 Å². The minimum absolute atomic E-state index is 0.00497. The molecule has 0 radical (unpaired) electrons. The number of nitrogens with one attached hydrogen (secondary N) is 1. The lowest BCUT2D eigenvalue weighted by molar-refractivity contribution is -0.0178. The first-order valence-corrected chi connectivity index (χ1v) is 8.11. The van der Waals surface area contributed by atoms with Gasteiger partial charge in [-0.25, -0.2) is 0 Å². The number of carbonyl (C=O) groups excluding carboxylic acids is 1. The highest BCUT2D eigenvalue weighted by Crippen LogP contribution is 2.22. The van der Waals surface area contributed by atoms with E-state index in [1.807, 2.05) is 11.4 Å². The van der Waals surface area contributed by atoms with Gasteiger partial charge in [0.15, 0.2) is 0 Å². The van der Waals surface area contributed by atoms with Gasteiger partial charge in [-0.05, 0) is 41.2 Å². The number of nitrogens with zero attached hydrogens (tertiary/aromatic N) is 1. The largest absolute Gasteiger partial charge is 0.379 e. The lowest BCUT2D eigenvalue weighted by atomic mass is 10.2. The van der Waals surface area contributed by atoms with Gasteiger partial charge in [-0.3, -0.25) is 9.69 Å². The average Bonchev–Trinajstić information content (AvgIpc) is 2.82. The van der Waals surface area contributed by atoms with Gasteiger partial charge in [0.05, 0.1) is 13.2 Å². The summed E-state index contributed by atoms with van der Waals surface area (Å²) in [5.41, 5.74) is 0.